The highest BCUT2D eigenvalue weighted by Gasteiger charge is 2.02. The molecule has 2 amide bonds. The van der Waals surface area contributed by atoms with E-state index in [4.69, 9.17) is 39.2 Å². The first-order valence-corrected chi connectivity index (χ1v) is 23.4. The second kappa shape index (κ2) is 40.6. The third-order valence-corrected chi connectivity index (χ3v) is 13.5. The SMILES string of the molecule is O=C(NCCCO)OCSCSCSC/N=C/OOCSCSCSCOC(=O)NCSCSCSC/N=C/OOCCCO. The summed E-state index contributed by atoms with van der Waals surface area (Å²) in [5.74, 6) is 2.57. The minimum absolute atomic E-state index is 0.0393. The van der Waals surface area contributed by atoms with Crippen LogP contribution in [-0.2, 0) is 29.0 Å². The van der Waals surface area contributed by atoms with Gasteiger partial charge in [-0.2, -0.15) is 9.78 Å². The lowest BCUT2D eigenvalue weighted by molar-refractivity contribution is -0.217. The summed E-state index contributed by atoms with van der Waals surface area (Å²) < 4.78 is 10.1. The van der Waals surface area contributed by atoms with Crippen LogP contribution in [0.2, 0.25) is 0 Å². The van der Waals surface area contributed by atoms with Gasteiger partial charge < -0.3 is 40.1 Å². The first kappa shape index (κ1) is 45.5. The molecule has 0 aromatic rings. The van der Waals surface area contributed by atoms with E-state index in [-0.39, 0.29) is 19.2 Å². The molecule has 0 spiro atoms. The summed E-state index contributed by atoms with van der Waals surface area (Å²) in [5, 5.41) is 27.5. The number of hydrogen-bond donors (Lipinski definition) is 4. The summed E-state index contributed by atoms with van der Waals surface area (Å²) in [4.78, 5) is 50.5. The molecule has 0 fully saturated rings. The second-order valence-corrected chi connectivity index (χ2v) is 18.0. The minimum Gasteiger partial charge on any atom is -0.438 e. The number of carbonyl (C=O) groups is 2. The lowest BCUT2D eigenvalue weighted by Gasteiger charge is -2.06. The van der Waals surface area contributed by atoms with E-state index >= 15 is 0 Å². The Morgan fingerprint density at radius 2 is 1.11 bits per heavy atom. The minimum atomic E-state index is -0.467. The maximum Gasteiger partial charge on any atom is 0.408 e. The Hall–Kier alpha value is 0.470. The smallest absolute Gasteiger partial charge is 0.408 e. The number of ether oxygens (including phenoxy) is 2. The van der Waals surface area contributed by atoms with Crippen molar-refractivity contribution >= 4 is 131 Å². The molecule has 0 aromatic heterocycles. The molecule has 23 heteroatoms. The van der Waals surface area contributed by atoms with Crippen LogP contribution in [-0.4, -0.2) is 128 Å². The Morgan fingerprint density at radius 1 is 0.600 bits per heavy atom. The van der Waals surface area contributed by atoms with E-state index in [9.17, 15) is 9.59 Å². The summed E-state index contributed by atoms with van der Waals surface area (Å²) in [6.45, 7) is 0.837. The number of thioether (sulfide) groups is 9. The molecule has 0 unspecified atom stereocenters. The van der Waals surface area contributed by atoms with Gasteiger partial charge in [0.2, 0.25) is 12.8 Å². The molecule has 0 saturated heterocycles. The van der Waals surface area contributed by atoms with Crippen molar-refractivity contribution in [1.29, 1.82) is 0 Å². The Bertz CT molecular complexity index is 728. The second-order valence-electron chi connectivity index (χ2n) is 7.13. The topological polar surface area (TPSA) is 179 Å². The van der Waals surface area contributed by atoms with E-state index in [1.54, 1.807) is 82.3 Å². The number of nitrogens with one attached hydrogen (secondary N) is 2. The first-order valence-electron chi connectivity index (χ1n) is 13.0. The lowest BCUT2D eigenvalue weighted by Crippen LogP contribution is -2.25. The number of nitrogens with zero attached hydrogens (tertiary/aromatic N) is 2. The zero-order chi connectivity index (χ0) is 32.7. The number of carbonyl (C=O) groups excluding carboxylic acids is 2. The molecule has 0 aliphatic heterocycles. The molecule has 0 radical (unpaired) electrons. The van der Waals surface area contributed by atoms with E-state index in [0.717, 1.165) is 30.5 Å². The highest BCUT2D eigenvalue weighted by Crippen LogP contribution is 2.19. The molecule has 0 atom stereocenters. The summed E-state index contributed by atoms with van der Waals surface area (Å²) in [6, 6.07) is 0. The van der Waals surface area contributed by atoms with E-state index < -0.39 is 12.2 Å². The Labute approximate surface area is 303 Å². The molecule has 0 rings (SSSR count). The molecular weight excluding hydrogens is 769 g/mol. The average molecular weight is 811 g/mol. The van der Waals surface area contributed by atoms with Gasteiger partial charge in [0.15, 0.2) is 0 Å². The van der Waals surface area contributed by atoms with Crippen molar-refractivity contribution in [2.75, 3.05) is 92.3 Å². The van der Waals surface area contributed by atoms with Crippen molar-refractivity contribution in [2.45, 2.75) is 12.8 Å². The molecule has 0 bridgehead atoms. The van der Waals surface area contributed by atoms with E-state index in [1.807, 2.05) is 0 Å². The zero-order valence-electron chi connectivity index (χ0n) is 24.6. The van der Waals surface area contributed by atoms with Crippen LogP contribution in [0.5, 0.6) is 0 Å². The number of aliphatic hydroxyl groups excluding tert-OH is 2. The molecule has 14 nitrogen and oxygen atoms in total. The molecule has 0 aromatic carbocycles. The fourth-order valence-electron chi connectivity index (χ4n) is 1.87. The summed E-state index contributed by atoms with van der Waals surface area (Å²) in [6.07, 6.45) is 2.68. The molecule has 0 aliphatic rings. The Kier molecular flexibility index (Phi) is 41.1. The van der Waals surface area contributed by atoms with Crippen molar-refractivity contribution in [3.8, 4) is 0 Å². The van der Waals surface area contributed by atoms with Gasteiger partial charge in [0, 0.05) is 50.3 Å². The fourth-order valence-corrected chi connectivity index (χ4v) is 10.2. The van der Waals surface area contributed by atoms with Crippen LogP contribution >= 0.6 is 106 Å². The predicted molar refractivity (Wildman–Crippen MR) is 200 cm³/mol. The monoisotopic (exact) mass is 810 g/mol. The maximum absolute atomic E-state index is 11.7. The number of alkyl carbamates (subject to hydrolysis) is 2. The largest absolute Gasteiger partial charge is 0.438 e. The van der Waals surface area contributed by atoms with Gasteiger partial charge in [0.1, 0.15) is 17.8 Å². The van der Waals surface area contributed by atoms with Gasteiger partial charge in [-0.1, -0.05) is 0 Å². The third kappa shape index (κ3) is 40.6. The predicted octanol–water partition coefficient (Wildman–Crippen LogP) is 5.25. The normalized spacial score (nSPS) is 11.2. The van der Waals surface area contributed by atoms with Gasteiger partial charge in [-0.05, 0) is 12.8 Å². The van der Waals surface area contributed by atoms with Crippen LogP contribution in [0.4, 0.5) is 9.59 Å². The van der Waals surface area contributed by atoms with Gasteiger partial charge in [-0.25, -0.2) is 19.6 Å². The number of aliphatic hydroxyl groups is 2. The highest BCUT2D eigenvalue weighted by atomic mass is 32.2. The first-order chi connectivity index (χ1) is 22.2. The Balaban J connectivity index is 3.25. The van der Waals surface area contributed by atoms with Crippen molar-refractivity contribution in [1.82, 2.24) is 10.6 Å². The van der Waals surface area contributed by atoms with E-state index in [2.05, 4.69) is 20.6 Å². The highest BCUT2D eigenvalue weighted by molar-refractivity contribution is 8.23. The van der Waals surface area contributed by atoms with Crippen molar-refractivity contribution < 1.29 is 48.8 Å². The molecule has 0 aliphatic carbocycles. The Morgan fingerprint density at radius 3 is 1.71 bits per heavy atom. The third-order valence-electron chi connectivity index (χ3n) is 3.69. The van der Waals surface area contributed by atoms with E-state index in [1.165, 1.54) is 36.3 Å². The van der Waals surface area contributed by atoms with Crippen molar-refractivity contribution in [3.63, 3.8) is 0 Å². The molecule has 264 valence electrons. The van der Waals surface area contributed by atoms with Gasteiger partial charge in [-0.3, -0.25) is 0 Å². The number of hydrogen-bond acceptors (Lipinski definition) is 21. The van der Waals surface area contributed by atoms with Crippen LogP contribution in [0.3, 0.4) is 0 Å². The van der Waals surface area contributed by atoms with Crippen LogP contribution in [0.15, 0.2) is 9.98 Å². The van der Waals surface area contributed by atoms with Crippen LogP contribution in [0.1, 0.15) is 12.8 Å². The van der Waals surface area contributed by atoms with Crippen molar-refractivity contribution in [2.24, 2.45) is 9.98 Å². The summed E-state index contributed by atoms with van der Waals surface area (Å²) in [5.41, 5.74) is 0. The molecular formula is C22H42N4O10S9. The fraction of sp³-hybridized carbons (Fsp3) is 0.818. The van der Waals surface area contributed by atoms with Crippen molar-refractivity contribution in [3.05, 3.63) is 0 Å². The maximum atomic E-state index is 11.7. The quantitative estimate of drug-likeness (QED) is 0.0165. The van der Waals surface area contributed by atoms with Gasteiger partial charge in [0.05, 0.1) is 24.2 Å². The number of amides is 2. The van der Waals surface area contributed by atoms with Crippen LogP contribution in [0, 0.1) is 0 Å². The van der Waals surface area contributed by atoms with Gasteiger partial charge in [0.25, 0.3) is 0 Å². The lowest BCUT2D eigenvalue weighted by atomic mass is 10.5. The standard InChI is InChI=1S/C22H42N4O10S9/c27-4-1-3-25-21(29)31-12-40-18-44-16-38-10-24-8-35-36-14-42-20-45-19-41-13-32-22(30)26-11-39-17-43-15-37-9-23-7-34-33-6-2-5-28/h7-8,27-28H,1-6,9-20H2,(H,25,29)(H,26,30)/b23-7+,24-8+. The average Bonchev–Trinajstić information content (AvgIpc) is 3.04. The van der Waals surface area contributed by atoms with Gasteiger partial charge in [-0.15, -0.1) is 106 Å². The molecule has 0 saturated carbocycles. The molecule has 4 N–H and O–H groups in total. The summed E-state index contributed by atoms with van der Waals surface area (Å²) >= 11 is 14.6. The van der Waals surface area contributed by atoms with E-state index in [0.29, 0.717) is 55.5 Å². The van der Waals surface area contributed by atoms with Crippen LogP contribution in [0.25, 0.3) is 0 Å². The molecule has 0 heterocycles. The summed E-state index contributed by atoms with van der Waals surface area (Å²) in [7, 11) is 0. The zero-order valence-corrected chi connectivity index (χ0v) is 32.0. The molecule has 45 heavy (non-hydrogen) atoms. The van der Waals surface area contributed by atoms with Crippen LogP contribution < -0.4 is 10.6 Å². The number of aliphatic imine (C=N–C) groups is 2. The number of rotatable bonds is 34. The van der Waals surface area contributed by atoms with Gasteiger partial charge >= 0.3 is 12.2 Å².